The van der Waals surface area contributed by atoms with Crippen molar-refractivity contribution in [3.8, 4) is 0 Å². The van der Waals surface area contributed by atoms with Crippen molar-refractivity contribution in [1.29, 1.82) is 0 Å². The summed E-state index contributed by atoms with van der Waals surface area (Å²) in [5.41, 5.74) is 6.69. The molecule has 2 N–H and O–H groups in total. The van der Waals surface area contributed by atoms with E-state index in [4.69, 9.17) is 5.73 Å². The molecule has 0 radical (unpaired) electrons. The second-order valence-corrected chi connectivity index (χ2v) is 9.50. The molecule has 0 unspecified atom stereocenters. The molecule has 2 fully saturated rings. The average Bonchev–Trinajstić information content (AvgIpc) is 2.88. The molecule has 1 saturated heterocycles. The molecule has 1 saturated carbocycles. The predicted octanol–water partition coefficient (Wildman–Crippen LogP) is 2.86. The summed E-state index contributed by atoms with van der Waals surface area (Å²) in [6.07, 6.45) is 6.81. The van der Waals surface area contributed by atoms with Gasteiger partial charge in [0.1, 0.15) is 4.21 Å². The lowest BCUT2D eigenvalue weighted by atomic mass is 9.79. The minimum absolute atomic E-state index is 0.223. The Morgan fingerprint density at radius 3 is 2.71 bits per heavy atom. The van der Waals surface area contributed by atoms with E-state index in [9.17, 15) is 8.42 Å². The topological polar surface area (TPSA) is 63.4 Å². The van der Waals surface area contributed by atoms with Gasteiger partial charge in [-0.1, -0.05) is 12.8 Å². The second-order valence-electron chi connectivity index (χ2n) is 6.25. The van der Waals surface area contributed by atoms with Crippen LogP contribution in [-0.2, 0) is 16.6 Å². The highest BCUT2D eigenvalue weighted by Crippen LogP contribution is 2.39. The van der Waals surface area contributed by atoms with E-state index in [1.54, 1.807) is 10.4 Å². The summed E-state index contributed by atoms with van der Waals surface area (Å²) in [6, 6.07) is 2.02. The smallest absolute Gasteiger partial charge is 0.252 e. The van der Waals surface area contributed by atoms with Crippen molar-refractivity contribution in [2.24, 2.45) is 11.7 Å². The minimum Gasteiger partial charge on any atom is -0.326 e. The van der Waals surface area contributed by atoms with Crippen molar-refractivity contribution in [2.45, 2.75) is 62.2 Å². The molecule has 0 spiro atoms. The fourth-order valence-electron chi connectivity index (χ4n) is 3.81. The molecule has 2 heterocycles. The summed E-state index contributed by atoms with van der Waals surface area (Å²) in [6.45, 7) is 3.04. The van der Waals surface area contributed by atoms with Crippen molar-refractivity contribution in [3.05, 3.63) is 16.5 Å². The Balaban J connectivity index is 1.92. The standard InChI is InChI=1S/C15H24N2O2S2/c1-11-9-15(20-14(11)10-16)21(18,19)17-8-4-6-12-5-2-3-7-13(12)17/h9,12-13H,2-8,10,16H2,1H3/t12-,13-/m1/s1. The van der Waals surface area contributed by atoms with E-state index in [-0.39, 0.29) is 6.04 Å². The summed E-state index contributed by atoms with van der Waals surface area (Å²) >= 11 is 1.34. The first kappa shape index (κ1) is 15.5. The minimum atomic E-state index is -3.35. The van der Waals surface area contributed by atoms with Crippen LogP contribution in [0.1, 0.15) is 49.0 Å². The van der Waals surface area contributed by atoms with E-state index in [1.165, 1.54) is 30.6 Å². The van der Waals surface area contributed by atoms with Crippen LogP contribution >= 0.6 is 11.3 Å². The number of hydrogen-bond donors (Lipinski definition) is 1. The first-order valence-corrected chi connectivity index (χ1v) is 10.1. The molecule has 2 aliphatic rings. The lowest BCUT2D eigenvalue weighted by Gasteiger charge is -2.42. The van der Waals surface area contributed by atoms with Crippen LogP contribution in [0.3, 0.4) is 0 Å². The second kappa shape index (κ2) is 5.99. The van der Waals surface area contributed by atoms with Gasteiger partial charge in [-0.05, 0) is 50.2 Å². The van der Waals surface area contributed by atoms with Crippen molar-refractivity contribution in [2.75, 3.05) is 6.54 Å². The lowest BCUT2D eigenvalue weighted by molar-refractivity contribution is 0.129. The van der Waals surface area contributed by atoms with E-state index in [1.807, 2.05) is 6.92 Å². The first-order chi connectivity index (χ1) is 10.0. The molecule has 0 aromatic carbocycles. The van der Waals surface area contributed by atoms with Gasteiger partial charge in [0, 0.05) is 24.0 Å². The molecule has 0 amide bonds. The molecule has 3 rings (SSSR count). The van der Waals surface area contributed by atoms with Gasteiger partial charge in [-0.15, -0.1) is 11.3 Å². The number of piperidine rings is 1. The number of hydrogen-bond acceptors (Lipinski definition) is 4. The van der Waals surface area contributed by atoms with Crippen LogP contribution < -0.4 is 5.73 Å². The normalized spacial score (nSPS) is 27.5. The van der Waals surface area contributed by atoms with Crippen LogP contribution in [0.2, 0.25) is 0 Å². The highest BCUT2D eigenvalue weighted by molar-refractivity contribution is 7.91. The monoisotopic (exact) mass is 328 g/mol. The van der Waals surface area contributed by atoms with Crippen molar-refractivity contribution >= 4 is 21.4 Å². The maximum Gasteiger partial charge on any atom is 0.252 e. The van der Waals surface area contributed by atoms with E-state index in [0.29, 0.717) is 23.2 Å². The molecular weight excluding hydrogens is 304 g/mol. The largest absolute Gasteiger partial charge is 0.326 e. The van der Waals surface area contributed by atoms with Gasteiger partial charge >= 0.3 is 0 Å². The Labute approximate surface area is 131 Å². The van der Waals surface area contributed by atoms with Crippen LogP contribution in [0.15, 0.2) is 10.3 Å². The maximum absolute atomic E-state index is 13.0. The van der Waals surface area contributed by atoms with E-state index < -0.39 is 10.0 Å². The fraction of sp³-hybridized carbons (Fsp3) is 0.733. The number of fused-ring (bicyclic) bond motifs is 1. The van der Waals surface area contributed by atoms with Crippen molar-refractivity contribution < 1.29 is 8.42 Å². The summed E-state index contributed by atoms with van der Waals surface area (Å²) in [7, 11) is -3.35. The third-order valence-corrected chi connectivity index (χ3v) is 8.57. The molecule has 4 nitrogen and oxygen atoms in total. The molecule has 1 aliphatic heterocycles. The molecule has 2 atom stereocenters. The summed E-state index contributed by atoms with van der Waals surface area (Å²) in [5.74, 6) is 0.567. The van der Waals surface area contributed by atoms with E-state index >= 15 is 0 Å². The quantitative estimate of drug-likeness (QED) is 0.928. The van der Waals surface area contributed by atoms with Gasteiger partial charge in [0.2, 0.25) is 0 Å². The molecule has 6 heteroatoms. The number of nitrogens with zero attached hydrogens (tertiary/aromatic N) is 1. The lowest BCUT2D eigenvalue weighted by Crippen LogP contribution is -2.49. The van der Waals surface area contributed by atoms with Gasteiger partial charge in [-0.2, -0.15) is 4.31 Å². The molecule has 1 aromatic rings. The fourth-order valence-corrected chi connectivity index (χ4v) is 7.16. The van der Waals surface area contributed by atoms with Gasteiger partial charge in [-0.3, -0.25) is 0 Å². The molecule has 1 aliphatic carbocycles. The van der Waals surface area contributed by atoms with Crippen LogP contribution in [0.4, 0.5) is 0 Å². The van der Waals surface area contributed by atoms with Gasteiger partial charge in [0.15, 0.2) is 0 Å². The van der Waals surface area contributed by atoms with E-state index in [2.05, 4.69) is 0 Å². The van der Waals surface area contributed by atoms with Gasteiger partial charge in [0.25, 0.3) is 10.0 Å². The number of nitrogens with two attached hydrogens (primary N) is 1. The molecule has 118 valence electrons. The SMILES string of the molecule is Cc1cc(S(=O)(=O)N2CCC[C@H]3CCCC[C@H]32)sc1CN. The molecule has 21 heavy (non-hydrogen) atoms. The first-order valence-electron chi connectivity index (χ1n) is 7.85. The number of thiophene rings is 1. The Hall–Kier alpha value is -0.430. The maximum atomic E-state index is 13.0. The number of aryl methyl sites for hydroxylation is 1. The summed E-state index contributed by atoms with van der Waals surface area (Å²) < 4.78 is 28.3. The number of sulfonamides is 1. The zero-order chi connectivity index (χ0) is 15.0. The Morgan fingerprint density at radius 2 is 2.00 bits per heavy atom. The third-order valence-electron chi connectivity index (χ3n) is 4.94. The predicted molar refractivity (Wildman–Crippen MR) is 85.8 cm³/mol. The third kappa shape index (κ3) is 2.79. The Kier molecular flexibility index (Phi) is 4.41. The average molecular weight is 329 g/mol. The van der Waals surface area contributed by atoms with Gasteiger partial charge in [0.05, 0.1) is 0 Å². The van der Waals surface area contributed by atoms with E-state index in [0.717, 1.165) is 29.7 Å². The van der Waals surface area contributed by atoms with Crippen LogP contribution in [0.25, 0.3) is 0 Å². The van der Waals surface area contributed by atoms with Crippen LogP contribution in [-0.4, -0.2) is 25.3 Å². The Bertz CT molecular complexity index is 607. The highest BCUT2D eigenvalue weighted by Gasteiger charge is 2.40. The van der Waals surface area contributed by atoms with Gasteiger partial charge < -0.3 is 5.73 Å². The van der Waals surface area contributed by atoms with Crippen LogP contribution in [0, 0.1) is 12.8 Å². The van der Waals surface area contributed by atoms with Crippen molar-refractivity contribution in [3.63, 3.8) is 0 Å². The molecule has 1 aromatic heterocycles. The molecule has 0 bridgehead atoms. The summed E-state index contributed by atoms with van der Waals surface area (Å²) in [4.78, 5) is 0.978. The Morgan fingerprint density at radius 1 is 1.29 bits per heavy atom. The number of rotatable bonds is 3. The zero-order valence-electron chi connectivity index (χ0n) is 12.5. The summed E-state index contributed by atoms with van der Waals surface area (Å²) in [5, 5.41) is 0. The van der Waals surface area contributed by atoms with Crippen molar-refractivity contribution in [1.82, 2.24) is 4.31 Å². The van der Waals surface area contributed by atoms with Crippen LogP contribution in [0.5, 0.6) is 0 Å². The molecular formula is C15H24N2O2S2. The highest BCUT2D eigenvalue weighted by atomic mass is 32.2. The zero-order valence-corrected chi connectivity index (χ0v) is 14.2. The van der Waals surface area contributed by atoms with Gasteiger partial charge in [-0.25, -0.2) is 8.42 Å².